The van der Waals surface area contributed by atoms with E-state index in [2.05, 4.69) is 0 Å². The molecule has 1 amide bonds. The molecule has 0 bridgehead atoms. The van der Waals surface area contributed by atoms with Gasteiger partial charge in [-0.15, -0.1) is 11.3 Å². The van der Waals surface area contributed by atoms with E-state index >= 15 is 0 Å². The van der Waals surface area contributed by atoms with Gasteiger partial charge in [-0.25, -0.2) is 13.6 Å². The van der Waals surface area contributed by atoms with E-state index in [0.717, 1.165) is 37.2 Å². The first-order chi connectivity index (χ1) is 9.95. The number of carbonyl (C=O) groups excluding carboxylic acids is 1. The standard InChI is InChI=1S/C13H18N2O4S2/c14-21(17,18)12-5-10(8-20-12)13(16)15(11-1-2-11)6-9-3-4-19-7-9/h5,8-9,11H,1-4,6-7H2,(H2,14,17,18)/t9-/m0/s1. The molecule has 6 nitrogen and oxygen atoms in total. The maximum atomic E-state index is 12.6. The molecule has 1 aliphatic carbocycles. The zero-order chi connectivity index (χ0) is 15.0. The van der Waals surface area contributed by atoms with Crippen molar-refractivity contribution in [1.29, 1.82) is 0 Å². The highest BCUT2D eigenvalue weighted by molar-refractivity contribution is 7.91. The maximum absolute atomic E-state index is 12.6. The predicted molar refractivity (Wildman–Crippen MR) is 78.7 cm³/mol. The molecule has 2 N–H and O–H groups in total. The minimum Gasteiger partial charge on any atom is -0.381 e. The lowest BCUT2D eigenvalue weighted by molar-refractivity contribution is 0.0706. The molecule has 2 heterocycles. The molecule has 1 saturated heterocycles. The Morgan fingerprint density at radius 3 is 2.71 bits per heavy atom. The van der Waals surface area contributed by atoms with Crippen LogP contribution in [0.15, 0.2) is 15.7 Å². The number of carbonyl (C=O) groups is 1. The number of primary sulfonamides is 1. The van der Waals surface area contributed by atoms with Gasteiger partial charge in [0.1, 0.15) is 4.21 Å². The van der Waals surface area contributed by atoms with E-state index in [4.69, 9.17) is 9.88 Å². The molecule has 1 aromatic heterocycles. The van der Waals surface area contributed by atoms with E-state index in [1.807, 2.05) is 4.90 Å². The van der Waals surface area contributed by atoms with Gasteiger partial charge in [-0.2, -0.15) is 0 Å². The number of hydrogen-bond acceptors (Lipinski definition) is 5. The SMILES string of the molecule is NS(=O)(=O)c1cc(C(=O)N(C[C@@H]2CCOC2)C2CC2)cs1. The van der Waals surface area contributed by atoms with Crippen molar-refractivity contribution in [3.63, 3.8) is 0 Å². The number of rotatable bonds is 5. The van der Waals surface area contributed by atoms with Gasteiger partial charge >= 0.3 is 0 Å². The van der Waals surface area contributed by atoms with Crippen LogP contribution in [0, 0.1) is 5.92 Å². The summed E-state index contributed by atoms with van der Waals surface area (Å²) in [6.07, 6.45) is 3.01. The fourth-order valence-corrected chi connectivity index (χ4v) is 4.11. The van der Waals surface area contributed by atoms with E-state index in [9.17, 15) is 13.2 Å². The maximum Gasteiger partial charge on any atom is 0.255 e. The number of amides is 1. The minimum atomic E-state index is -3.74. The molecular weight excluding hydrogens is 312 g/mol. The van der Waals surface area contributed by atoms with Crippen LogP contribution in [0.4, 0.5) is 0 Å². The average Bonchev–Trinajstić information content (AvgIpc) is 2.94. The van der Waals surface area contributed by atoms with E-state index in [1.54, 1.807) is 5.38 Å². The van der Waals surface area contributed by atoms with Crippen LogP contribution in [0.1, 0.15) is 29.6 Å². The Hall–Kier alpha value is -0.960. The second kappa shape index (κ2) is 5.68. The fourth-order valence-electron chi connectivity index (χ4n) is 2.53. The lowest BCUT2D eigenvalue weighted by atomic mass is 10.1. The van der Waals surface area contributed by atoms with Crippen molar-refractivity contribution in [2.75, 3.05) is 19.8 Å². The molecular formula is C13H18N2O4S2. The number of sulfonamides is 1. The van der Waals surface area contributed by atoms with Crippen molar-refractivity contribution in [3.05, 3.63) is 17.0 Å². The van der Waals surface area contributed by atoms with Crippen LogP contribution in [0.25, 0.3) is 0 Å². The van der Waals surface area contributed by atoms with Crippen molar-refractivity contribution in [2.24, 2.45) is 11.1 Å². The molecule has 8 heteroatoms. The van der Waals surface area contributed by atoms with Crippen LogP contribution in [0.2, 0.25) is 0 Å². The Kier molecular flexibility index (Phi) is 4.04. The Balaban J connectivity index is 1.75. The van der Waals surface area contributed by atoms with Crippen LogP contribution in [0.5, 0.6) is 0 Å². The average molecular weight is 330 g/mol. The van der Waals surface area contributed by atoms with Gasteiger partial charge in [-0.1, -0.05) is 0 Å². The summed E-state index contributed by atoms with van der Waals surface area (Å²) >= 11 is 0.992. The summed E-state index contributed by atoms with van der Waals surface area (Å²) in [5.74, 6) is 0.279. The van der Waals surface area contributed by atoms with Gasteiger partial charge in [-0.3, -0.25) is 4.79 Å². The second-order valence-corrected chi connectivity index (χ2v) is 8.32. The highest BCUT2D eigenvalue weighted by Gasteiger charge is 2.35. The molecule has 1 saturated carbocycles. The quantitative estimate of drug-likeness (QED) is 0.873. The Labute approximate surface area is 127 Å². The normalized spacial score (nSPS) is 22.4. The Morgan fingerprint density at radius 1 is 1.43 bits per heavy atom. The molecule has 1 atom stereocenters. The molecule has 0 unspecified atom stereocenters. The largest absolute Gasteiger partial charge is 0.381 e. The second-order valence-electron chi connectivity index (χ2n) is 5.62. The first-order valence-corrected chi connectivity index (χ1v) is 9.38. The molecule has 2 fully saturated rings. The third kappa shape index (κ3) is 3.45. The van der Waals surface area contributed by atoms with Gasteiger partial charge in [0.2, 0.25) is 10.0 Å². The topological polar surface area (TPSA) is 89.7 Å². The monoisotopic (exact) mass is 330 g/mol. The summed E-state index contributed by atoms with van der Waals surface area (Å²) in [4.78, 5) is 14.5. The zero-order valence-corrected chi connectivity index (χ0v) is 13.2. The van der Waals surface area contributed by atoms with Crippen LogP contribution < -0.4 is 5.14 Å². The summed E-state index contributed by atoms with van der Waals surface area (Å²) < 4.78 is 28.0. The van der Waals surface area contributed by atoms with E-state index in [-0.39, 0.29) is 16.2 Å². The van der Waals surface area contributed by atoms with Crippen molar-refractivity contribution in [3.8, 4) is 0 Å². The predicted octanol–water partition coefficient (Wildman–Crippen LogP) is 1.04. The van der Waals surface area contributed by atoms with Gasteiger partial charge < -0.3 is 9.64 Å². The molecule has 1 aliphatic heterocycles. The van der Waals surface area contributed by atoms with Crippen molar-refractivity contribution in [1.82, 2.24) is 4.90 Å². The Morgan fingerprint density at radius 2 is 2.19 bits per heavy atom. The van der Waals surface area contributed by atoms with Gasteiger partial charge in [0, 0.05) is 30.5 Å². The smallest absolute Gasteiger partial charge is 0.255 e. The molecule has 116 valence electrons. The molecule has 0 spiro atoms. The summed E-state index contributed by atoms with van der Waals surface area (Å²) in [6, 6.07) is 1.67. The first-order valence-electron chi connectivity index (χ1n) is 6.95. The number of ether oxygens (including phenoxy) is 1. The first kappa shape index (κ1) is 15.0. The lowest BCUT2D eigenvalue weighted by Crippen LogP contribution is -2.37. The van der Waals surface area contributed by atoms with Crippen LogP contribution in [-0.2, 0) is 14.8 Å². The van der Waals surface area contributed by atoms with Gasteiger partial charge in [-0.05, 0) is 25.3 Å². The molecule has 0 radical (unpaired) electrons. The van der Waals surface area contributed by atoms with Crippen molar-refractivity contribution >= 4 is 27.3 Å². The van der Waals surface area contributed by atoms with E-state index < -0.39 is 10.0 Å². The van der Waals surface area contributed by atoms with Gasteiger partial charge in [0.05, 0.1) is 12.2 Å². The van der Waals surface area contributed by atoms with E-state index in [0.29, 0.717) is 24.6 Å². The summed E-state index contributed by atoms with van der Waals surface area (Å²) in [6.45, 7) is 2.14. The van der Waals surface area contributed by atoms with E-state index in [1.165, 1.54) is 6.07 Å². The van der Waals surface area contributed by atoms with Crippen molar-refractivity contribution < 1.29 is 17.9 Å². The summed E-state index contributed by atoms with van der Waals surface area (Å²) in [7, 11) is -3.74. The van der Waals surface area contributed by atoms with Crippen LogP contribution in [-0.4, -0.2) is 45.0 Å². The lowest BCUT2D eigenvalue weighted by Gasteiger charge is -2.24. The molecule has 21 heavy (non-hydrogen) atoms. The number of nitrogens with zero attached hydrogens (tertiary/aromatic N) is 1. The molecule has 2 aliphatic rings. The molecule has 1 aromatic rings. The van der Waals surface area contributed by atoms with Gasteiger partial charge in [0.25, 0.3) is 5.91 Å². The molecule has 0 aromatic carbocycles. The van der Waals surface area contributed by atoms with Crippen LogP contribution >= 0.6 is 11.3 Å². The fraction of sp³-hybridized carbons (Fsp3) is 0.615. The van der Waals surface area contributed by atoms with Crippen LogP contribution in [0.3, 0.4) is 0 Å². The number of thiophene rings is 1. The highest BCUT2D eigenvalue weighted by Crippen LogP contribution is 2.31. The minimum absolute atomic E-state index is 0.0331. The zero-order valence-electron chi connectivity index (χ0n) is 11.5. The van der Waals surface area contributed by atoms with Crippen molar-refractivity contribution in [2.45, 2.75) is 29.5 Å². The number of hydrogen-bond donors (Lipinski definition) is 1. The molecule has 3 rings (SSSR count). The summed E-state index contributed by atoms with van der Waals surface area (Å²) in [5, 5.41) is 6.66. The highest BCUT2D eigenvalue weighted by atomic mass is 32.2. The van der Waals surface area contributed by atoms with Gasteiger partial charge in [0.15, 0.2) is 0 Å². The number of nitrogens with two attached hydrogens (primary N) is 1. The summed E-state index contributed by atoms with van der Waals surface area (Å²) in [5.41, 5.74) is 0.412. The third-order valence-electron chi connectivity index (χ3n) is 3.83. The third-order valence-corrected chi connectivity index (χ3v) is 6.22. The Bertz CT molecular complexity index is 630.